The molecule has 1 aromatic rings. The highest BCUT2D eigenvalue weighted by atomic mass is 32.2. The van der Waals surface area contributed by atoms with E-state index in [1.807, 2.05) is 0 Å². The van der Waals surface area contributed by atoms with E-state index in [4.69, 9.17) is 0 Å². The maximum atomic E-state index is 12.3. The molecule has 0 saturated heterocycles. The van der Waals surface area contributed by atoms with E-state index in [0.29, 0.717) is 5.82 Å². The highest BCUT2D eigenvalue weighted by Gasteiger charge is 2.20. The first-order chi connectivity index (χ1) is 9.62. The number of nitrogens with one attached hydrogen (secondary N) is 2. The zero-order valence-electron chi connectivity index (χ0n) is 11.9. The van der Waals surface area contributed by atoms with Crippen molar-refractivity contribution in [3.8, 4) is 0 Å². The third-order valence-corrected chi connectivity index (χ3v) is 5.24. The van der Waals surface area contributed by atoms with E-state index in [9.17, 15) is 8.42 Å². The van der Waals surface area contributed by atoms with Gasteiger partial charge in [-0.15, -0.1) is 0 Å². The van der Waals surface area contributed by atoms with Crippen molar-refractivity contribution in [2.75, 3.05) is 12.4 Å². The Labute approximate surface area is 121 Å². The third kappa shape index (κ3) is 4.18. The molecule has 0 unspecified atom stereocenters. The minimum atomic E-state index is -3.45. The first-order valence-electron chi connectivity index (χ1n) is 7.28. The summed E-state index contributed by atoms with van der Waals surface area (Å²) in [5, 5.41) is 2.88. The van der Waals surface area contributed by atoms with Gasteiger partial charge in [0, 0.05) is 19.3 Å². The highest BCUT2D eigenvalue weighted by molar-refractivity contribution is 7.89. The van der Waals surface area contributed by atoms with Crippen LogP contribution in [0.4, 0.5) is 5.82 Å². The van der Waals surface area contributed by atoms with Crippen molar-refractivity contribution < 1.29 is 8.42 Å². The van der Waals surface area contributed by atoms with Crippen LogP contribution < -0.4 is 10.0 Å². The molecular formula is C14H23N3O2S. The molecular weight excluding hydrogens is 274 g/mol. The van der Waals surface area contributed by atoms with Crippen molar-refractivity contribution >= 4 is 15.8 Å². The van der Waals surface area contributed by atoms with Crippen molar-refractivity contribution in [3.63, 3.8) is 0 Å². The largest absolute Gasteiger partial charge is 0.373 e. The summed E-state index contributed by atoms with van der Waals surface area (Å²) >= 11 is 0. The van der Waals surface area contributed by atoms with Gasteiger partial charge in [-0.05, 0) is 25.0 Å². The molecule has 112 valence electrons. The van der Waals surface area contributed by atoms with E-state index in [-0.39, 0.29) is 10.9 Å². The van der Waals surface area contributed by atoms with Gasteiger partial charge >= 0.3 is 0 Å². The standard InChI is InChI=1S/C14H23N3O2S/c1-15-14-10-9-13(11-16-14)20(18,19)17-12-7-5-3-2-4-6-8-12/h9-12,17H,2-8H2,1H3,(H,15,16). The van der Waals surface area contributed by atoms with E-state index in [2.05, 4.69) is 15.0 Å². The molecule has 0 amide bonds. The van der Waals surface area contributed by atoms with Crippen LogP contribution in [0, 0.1) is 0 Å². The lowest BCUT2D eigenvalue weighted by Gasteiger charge is -2.20. The fourth-order valence-electron chi connectivity index (χ4n) is 2.55. The number of sulfonamides is 1. The van der Waals surface area contributed by atoms with Crippen LogP contribution >= 0.6 is 0 Å². The lowest BCUT2D eigenvalue weighted by Crippen LogP contribution is -2.35. The Hall–Kier alpha value is -1.14. The quantitative estimate of drug-likeness (QED) is 0.896. The van der Waals surface area contributed by atoms with Gasteiger partial charge in [-0.25, -0.2) is 18.1 Å². The van der Waals surface area contributed by atoms with E-state index in [1.54, 1.807) is 19.2 Å². The van der Waals surface area contributed by atoms with Gasteiger partial charge in [-0.1, -0.05) is 32.1 Å². The summed E-state index contributed by atoms with van der Waals surface area (Å²) in [5.41, 5.74) is 0. The average Bonchev–Trinajstić information content (AvgIpc) is 2.42. The summed E-state index contributed by atoms with van der Waals surface area (Å²) < 4.78 is 27.5. The lowest BCUT2D eigenvalue weighted by atomic mass is 9.97. The third-order valence-electron chi connectivity index (χ3n) is 3.73. The maximum absolute atomic E-state index is 12.3. The second-order valence-corrected chi connectivity index (χ2v) is 7.01. The Morgan fingerprint density at radius 1 is 1.10 bits per heavy atom. The smallest absolute Gasteiger partial charge is 0.242 e. The van der Waals surface area contributed by atoms with E-state index >= 15 is 0 Å². The number of nitrogens with zero attached hydrogens (tertiary/aromatic N) is 1. The summed E-state index contributed by atoms with van der Waals surface area (Å²) in [6, 6.07) is 3.32. The zero-order valence-corrected chi connectivity index (χ0v) is 12.7. The molecule has 0 aromatic carbocycles. The first kappa shape index (κ1) is 15.3. The number of aromatic nitrogens is 1. The maximum Gasteiger partial charge on any atom is 0.242 e. The molecule has 0 radical (unpaired) electrons. The van der Waals surface area contributed by atoms with Crippen molar-refractivity contribution in [1.29, 1.82) is 0 Å². The van der Waals surface area contributed by atoms with Crippen LogP contribution in [0.15, 0.2) is 23.2 Å². The van der Waals surface area contributed by atoms with Crippen LogP contribution in [-0.2, 0) is 10.0 Å². The molecule has 1 heterocycles. The first-order valence-corrected chi connectivity index (χ1v) is 8.76. The van der Waals surface area contributed by atoms with Crippen LogP contribution in [0.5, 0.6) is 0 Å². The molecule has 1 aliphatic carbocycles. The molecule has 0 aliphatic heterocycles. The van der Waals surface area contributed by atoms with Crippen molar-refractivity contribution in [2.45, 2.75) is 55.9 Å². The van der Waals surface area contributed by atoms with Gasteiger partial charge in [0.2, 0.25) is 10.0 Å². The van der Waals surface area contributed by atoms with Crippen LogP contribution in [0.3, 0.4) is 0 Å². The van der Waals surface area contributed by atoms with Crippen LogP contribution in [0.25, 0.3) is 0 Å². The van der Waals surface area contributed by atoms with Crippen LogP contribution in [-0.4, -0.2) is 26.5 Å². The summed E-state index contributed by atoms with van der Waals surface area (Å²) in [5.74, 6) is 0.662. The van der Waals surface area contributed by atoms with Gasteiger partial charge in [-0.2, -0.15) is 0 Å². The molecule has 2 rings (SSSR count). The molecule has 5 nitrogen and oxygen atoms in total. The van der Waals surface area contributed by atoms with Gasteiger partial charge < -0.3 is 5.32 Å². The predicted octanol–water partition coefficient (Wildman–Crippen LogP) is 2.51. The fraction of sp³-hybridized carbons (Fsp3) is 0.643. The number of hydrogen-bond donors (Lipinski definition) is 2. The molecule has 1 fully saturated rings. The van der Waals surface area contributed by atoms with E-state index in [1.165, 1.54) is 25.5 Å². The van der Waals surface area contributed by atoms with Gasteiger partial charge in [0.05, 0.1) is 0 Å². The number of pyridine rings is 1. The van der Waals surface area contributed by atoms with Crippen molar-refractivity contribution in [2.24, 2.45) is 0 Å². The minimum Gasteiger partial charge on any atom is -0.373 e. The molecule has 1 saturated carbocycles. The van der Waals surface area contributed by atoms with E-state index < -0.39 is 10.0 Å². The Morgan fingerprint density at radius 3 is 2.30 bits per heavy atom. The van der Waals surface area contributed by atoms with Gasteiger partial charge in [-0.3, -0.25) is 0 Å². The molecule has 0 spiro atoms. The molecule has 2 N–H and O–H groups in total. The van der Waals surface area contributed by atoms with Crippen molar-refractivity contribution in [1.82, 2.24) is 9.71 Å². The van der Waals surface area contributed by atoms with Gasteiger partial charge in [0.25, 0.3) is 0 Å². The lowest BCUT2D eigenvalue weighted by molar-refractivity contribution is 0.426. The number of anilines is 1. The Morgan fingerprint density at radius 2 is 1.75 bits per heavy atom. The number of rotatable bonds is 4. The fourth-order valence-corrected chi connectivity index (χ4v) is 3.80. The monoisotopic (exact) mass is 297 g/mol. The minimum absolute atomic E-state index is 0.0595. The van der Waals surface area contributed by atoms with E-state index in [0.717, 1.165) is 25.7 Å². The highest BCUT2D eigenvalue weighted by Crippen LogP contribution is 2.19. The molecule has 1 aromatic heterocycles. The molecule has 20 heavy (non-hydrogen) atoms. The average molecular weight is 297 g/mol. The zero-order chi connectivity index (χ0) is 14.4. The summed E-state index contributed by atoms with van der Waals surface area (Å²) in [7, 11) is -1.70. The van der Waals surface area contributed by atoms with Crippen LogP contribution in [0.1, 0.15) is 44.9 Å². The predicted molar refractivity (Wildman–Crippen MR) is 80.2 cm³/mol. The van der Waals surface area contributed by atoms with Gasteiger partial charge in [0.15, 0.2) is 0 Å². The topological polar surface area (TPSA) is 71.1 Å². The Balaban J connectivity index is 2.04. The van der Waals surface area contributed by atoms with Gasteiger partial charge in [0.1, 0.15) is 10.7 Å². The second kappa shape index (κ2) is 7.04. The molecule has 6 heteroatoms. The number of hydrogen-bond acceptors (Lipinski definition) is 4. The molecule has 0 atom stereocenters. The summed E-state index contributed by atoms with van der Waals surface area (Å²) in [4.78, 5) is 4.29. The SMILES string of the molecule is CNc1ccc(S(=O)(=O)NC2CCCCCCC2)cn1. The Kier molecular flexibility index (Phi) is 5.37. The van der Waals surface area contributed by atoms with Crippen molar-refractivity contribution in [3.05, 3.63) is 18.3 Å². The van der Waals surface area contributed by atoms with Crippen LogP contribution in [0.2, 0.25) is 0 Å². The molecule has 1 aliphatic rings. The summed E-state index contributed by atoms with van der Waals surface area (Å²) in [6.45, 7) is 0. The Bertz CT molecular complexity index is 506. The summed E-state index contributed by atoms with van der Waals surface area (Å²) in [6.07, 6.45) is 9.15. The normalized spacial score (nSPS) is 18.2. The second-order valence-electron chi connectivity index (χ2n) is 5.29. The molecule has 0 bridgehead atoms.